The number of ether oxygens (including phenoxy) is 3. The fraction of sp³-hybridized carbons (Fsp3) is 0.703. The van der Waals surface area contributed by atoms with Crippen molar-refractivity contribution in [1.82, 2.24) is 0 Å². The van der Waals surface area contributed by atoms with Crippen LogP contribution in [0.4, 0.5) is 0 Å². The molecule has 0 unspecified atom stereocenters. The molecule has 0 rings (SSSR count). The molecule has 400 valence electrons. The van der Waals surface area contributed by atoms with Gasteiger partial charge in [0, 0.05) is 19.3 Å². The first-order chi connectivity index (χ1) is 34.5. The molecule has 0 aliphatic carbocycles. The van der Waals surface area contributed by atoms with Gasteiger partial charge in [0.2, 0.25) is 0 Å². The van der Waals surface area contributed by atoms with E-state index in [-0.39, 0.29) is 31.1 Å². The molecule has 0 N–H and O–H groups in total. The van der Waals surface area contributed by atoms with Gasteiger partial charge in [0.05, 0.1) is 0 Å². The van der Waals surface area contributed by atoms with Crippen LogP contribution in [0.2, 0.25) is 0 Å². The van der Waals surface area contributed by atoms with Crippen LogP contribution < -0.4 is 0 Å². The van der Waals surface area contributed by atoms with E-state index in [0.29, 0.717) is 19.3 Å². The van der Waals surface area contributed by atoms with E-state index < -0.39 is 6.10 Å². The largest absolute Gasteiger partial charge is 0.462 e. The minimum Gasteiger partial charge on any atom is -0.462 e. The molecule has 0 aromatic carbocycles. The molecule has 0 saturated heterocycles. The van der Waals surface area contributed by atoms with Crippen molar-refractivity contribution in [2.24, 2.45) is 0 Å². The fourth-order valence-electron chi connectivity index (χ4n) is 7.84. The number of rotatable bonds is 52. The Hall–Kier alpha value is -3.67. The van der Waals surface area contributed by atoms with E-state index in [0.717, 1.165) is 116 Å². The molecule has 0 amide bonds. The maximum Gasteiger partial charge on any atom is 0.306 e. The fourth-order valence-corrected chi connectivity index (χ4v) is 7.84. The third-order valence-electron chi connectivity index (χ3n) is 12.3. The highest BCUT2D eigenvalue weighted by Gasteiger charge is 2.19. The highest BCUT2D eigenvalue weighted by Crippen LogP contribution is 2.14. The van der Waals surface area contributed by atoms with Crippen molar-refractivity contribution < 1.29 is 28.6 Å². The van der Waals surface area contributed by atoms with Gasteiger partial charge < -0.3 is 14.2 Å². The summed E-state index contributed by atoms with van der Waals surface area (Å²) < 4.78 is 16.8. The van der Waals surface area contributed by atoms with Gasteiger partial charge in [0.25, 0.3) is 0 Å². The van der Waals surface area contributed by atoms with Gasteiger partial charge in [-0.15, -0.1) is 0 Å². The molecule has 6 nitrogen and oxygen atoms in total. The summed E-state index contributed by atoms with van der Waals surface area (Å²) in [6, 6.07) is 0. The minimum absolute atomic E-state index is 0.0981. The first kappa shape index (κ1) is 66.3. The molecule has 0 aliphatic heterocycles. The average molecular weight is 974 g/mol. The second-order valence-corrected chi connectivity index (χ2v) is 19.2. The quantitative estimate of drug-likeness (QED) is 0.0262. The second-order valence-electron chi connectivity index (χ2n) is 19.2. The van der Waals surface area contributed by atoms with Gasteiger partial charge in [-0.25, -0.2) is 0 Å². The smallest absolute Gasteiger partial charge is 0.306 e. The van der Waals surface area contributed by atoms with Crippen LogP contribution in [-0.4, -0.2) is 37.2 Å². The Balaban J connectivity index is 4.48. The van der Waals surface area contributed by atoms with Gasteiger partial charge in [-0.1, -0.05) is 221 Å². The van der Waals surface area contributed by atoms with Crippen molar-refractivity contribution in [2.45, 2.75) is 277 Å². The van der Waals surface area contributed by atoms with E-state index in [1.807, 2.05) is 0 Å². The first-order valence-corrected chi connectivity index (χ1v) is 29.2. The summed E-state index contributed by atoms with van der Waals surface area (Å²) in [6.45, 7) is 6.54. The van der Waals surface area contributed by atoms with Crippen molar-refractivity contribution >= 4 is 17.9 Å². The summed E-state index contributed by atoms with van der Waals surface area (Å²) in [5.41, 5.74) is 0. The molecule has 0 fully saturated rings. The highest BCUT2D eigenvalue weighted by atomic mass is 16.6. The lowest BCUT2D eigenvalue weighted by molar-refractivity contribution is -0.167. The van der Waals surface area contributed by atoms with Crippen LogP contribution in [0.3, 0.4) is 0 Å². The summed E-state index contributed by atoms with van der Waals surface area (Å²) in [5, 5.41) is 0. The Morgan fingerprint density at radius 1 is 0.286 bits per heavy atom. The topological polar surface area (TPSA) is 78.9 Å². The van der Waals surface area contributed by atoms with Crippen molar-refractivity contribution in [3.63, 3.8) is 0 Å². The Bertz CT molecular complexity index is 1400. The summed E-state index contributed by atoms with van der Waals surface area (Å²) >= 11 is 0. The van der Waals surface area contributed by atoms with Crippen LogP contribution in [0.25, 0.3) is 0 Å². The molecule has 0 aliphatic rings. The average Bonchev–Trinajstić information content (AvgIpc) is 3.36. The number of hydrogen-bond donors (Lipinski definition) is 0. The lowest BCUT2D eigenvalue weighted by atomic mass is 10.1. The minimum atomic E-state index is -0.803. The lowest BCUT2D eigenvalue weighted by Crippen LogP contribution is -2.30. The molecule has 6 heteroatoms. The molecule has 70 heavy (non-hydrogen) atoms. The molecule has 0 radical (unpaired) electrons. The Morgan fingerprint density at radius 3 is 0.857 bits per heavy atom. The molecule has 0 bridgehead atoms. The van der Waals surface area contributed by atoms with Gasteiger partial charge in [-0.2, -0.15) is 0 Å². The van der Waals surface area contributed by atoms with Crippen LogP contribution in [-0.2, 0) is 28.6 Å². The van der Waals surface area contributed by atoms with Gasteiger partial charge in [-0.3, -0.25) is 14.4 Å². The number of allylic oxidation sites excluding steroid dienone is 16. The third kappa shape index (κ3) is 55.3. The zero-order valence-corrected chi connectivity index (χ0v) is 45.8. The molecule has 0 aromatic rings. The number of carbonyl (C=O) groups is 3. The summed E-state index contributed by atoms with van der Waals surface area (Å²) in [6.07, 6.45) is 76.7. The zero-order valence-electron chi connectivity index (χ0n) is 45.8. The van der Waals surface area contributed by atoms with Crippen LogP contribution in [0, 0.1) is 0 Å². The van der Waals surface area contributed by atoms with Crippen molar-refractivity contribution in [3.8, 4) is 0 Å². The molecule has 0 spiro atoms. The molecule has 0 saturated carbocycles. The number of hydrogen-bond acceptors (Lipinski definition) is 6. The normalized spacial score (nSPS) is 12.8. The van der Waals surface area contributed by atoms with Crippen LogP contribution in [0.15, 0.2) is 97.2 Å². The van der Waals surface area contributed by atoms with Gasteiger partial charge >= 0.3 is 17.9 Å². The van der Waals surface area contributed by atoms with Crippen molar-refractivity contribution in [3.05, 3.63) is 97.2 Å². The van der Waals surface area contributed by atoms with E-state index in [9.17, 15) is 14.4 Å². The maximum absolute atomic E-state index is 12.9. The van der Waals surface area contributed by atoms with Gasteiger partial charge in [0.1, 0.15) is 13.2 Å². The standard InChI is InChI=1S/C64H108O6/c1-4-7-10-13-16-19-22-25-28-30-32-34-36-39-42-45-48-51-54-57-63(66)69-60-61(59-68-62(65)56-53-50-47-44-41-38-27-24-21-18-15-12-9-6-3)70-64(67)58-55-52-49-46-43-40-37-35-33-31-29-26-23-20-17-14-11-8-5-2/h16-17,19-20,24-29,32-35,39,42,61H,4-15,18,21-23,30-31,36-38,40-41,43-60H2,1-3H3/b19-16-,20-17-,27-24-,28-25-,29-26-,34-32-,35-33-,42-39-/t61-/m1/s1. The Labute approximate surface area is 432 Å². The van der Waals surface area contributed by atoms with Crippen LogP contribution in [0.5, 0.6) is 0 Å². The number of carbonyl (C=O) groups excluding carboxylic acids is 3. The Morgan fingerprint density at radius 2 is 0.514 bits per heavy atom. The zero-order chi connectivity index (χ0) is 50.7. The van der Waals surface area contributed by atoms with E-state index in [1.54, 1.807) is 0 Å². The lowest BCUT2D eigenvalue weighted by Gasteiger charge is -2.18. The monoisotopic (exact) mass is 973 g/mol. The third-order valence-corrected chi connectivity index (χ3v) is 12.3. The predicted molar refractivity (Wildman–Crippen MR) is 302 cm³/mol. The van der Waals surface area contributed by atoms with Gasteiger partial charge in [-0.05, 0) is 128 Å². The number of unbranched alkanes of at least 4 members (excludes halogenated alkanes) is 25. The van der Waals surface area contributed by atoms with Crippen molar-refractivity contribution in [2.75, 3.05) is 13.2 Å². The van der Waals surface area contributed by atoms with E-state index >= 15 is 0 Å². The SMILES string of the molecule is CCCCC/C=C\C/C=C\C/C=C\C/C=C\CCCCCC(=O)OC[C@@H](COC(=O)CCCCCCC/C=C\CCCCCCC)OC(=O)CCCCCCCC/C=C\C/C=C\C/C=C\CCCCC. The summed E-state index contributed by atoms with van der Waals surface area (Å²) in [7, 11) is 0. The summed E-state index contributed by atoms with van der Waals surface area (Å²) in [5.74, 6) is -0.947. The van der Waals surface area contributed by atoms with E-state index in [1.165, 1.54) is 116 Å². The molecule has 0 aromatic heterocycles. The second kappa shape index (κ2) is 57.9. The summed E-state index contributed by atoms with van der Waals surface area (Å²) in [4.78, 5) is 38.2. The van der Waals surface area contributed by atoms with Gasteiger partial charge in [0.15, 0.2) is 6.10 Å². The first-order valence-electron chi connectivity index (χ1n) is 29.2. The molecular formula is C64H108O6. The van der Waals surface area contributed by atoms with Crippen LogP contribution >= 0.6 is 0 Å². The maximum atomic E-state index is 12.9. The van der Waals surface area contributed by atoms with Crippen molar-refractivity contribution in [1.29, 1.82) is 0 Å². The molecule has 1 atom stereocenters. The number of esters is 3. The molecule has 0 heterocycles. The van der Waals surface area contributed by atoms with E-state index in [2.05, 4.69) is 118 Å². The predicted octanol–water partition coefficient (Wildman–Crippen LogP) is 19.7. The highest BCUT2D eigenvalue weighted by molar-refractivity contribution is 5.71. The Kier molecular flexibility index (Phi) is 54.9. The molecular weight excluding hydrogens is 865 g/mol. The van der Waals surface area contributed by atoms with E-state index in [4.69, 9.17) is 14.2 Å². The van der Waals surface area contributed by atoms with Crippen LogP contribution in [0.1, 0.15) is 271 Å².